The van der Waals surface area contributed by atoms with Crippen LogP contribution in [-0.2, 0) is 4.79 Å². The van der Waals surface area contributed by atoms with E-state index >= 15 is 0 Å². The van der Waals surface area contributed by atoms with Gasteiger partial charge in [-0.2, -0.15) is 4.98 Å². The normalized spacial score (nSPS) is 15.0. The lowest BCUT2D eigenvalue weighted by Crippen LogP contribution is -2.40. The number of carbonyl (C=O) groups excluding carboxylic acids is 1. The molecule has 9 heteroatoms. The van der Waals surface area contributed by atoms with Crippen LogP contribution >= 0.6 is 0 Å². The fourth-order valence-electron chi connectivity index (χ4n) is 2.77. The second kappa shape index (κ2) is 7.47. The minimum absolute atomic E-state index is 0.104. The molecule has 2 aromatic carbocycles. The van der Waals surface area contributed by atoms with Crippen LogP contribution in [0, 0.1) is 0 Å². The van der Waals surface area contributed by atoms with Gasteiger partial charge in [-0.25, -0.2) is 0 Å². The molecule has 28 heavy (non-hydrogen) atoms. The van der Waals surface area contributed by atoms with E-state index in [1.807, 2.05) is 12.1 Å². The summed E-state index contributed by atoms with van der Waals surface area (Å²) in [5.41, 5.74) is 0.683. The number of hydrogen-bond donors (Lipinski definition) is 2. The molecule has 2 N–H and O–H groups in total. The van der Waals surface area contributed by atoms with Gasteiger partial charge in [0.1, 0.15) is 18.1 Å². The van der Waals surface area contributed by atoms with Gasteiger partial charge in [0.25, 0.3) is 5.91 Å². The average Bonchev–Trinajstić information content (AvgIpc) is 3.21. The number of anilines is 1. The molecule has 3 aromatic rings. The molecule has 0 unspecified atom stereocenters. The predicted molar refractivity (Wildman–Crippen MR) is 99.9 cm³/mol. The Morgan fingerprint density at radius 3 is 2.79 bits per heavy atom. The summed E-state index contributed by atoms with van der Waals surface area (Å²) in [7, 11) is 3.13. The number of aromatic nitrogens is 3. The van der Waals surface area contributed by atoms with Gasteiger partial charge in [0.05, 0.1) is 19.8 Å². The first-order chi connectivity index (χ1) is 13.7. The number of benzene rings is 2. The van der Waals surface area contributed by atoms with Crippen molar-refractivity contribution in [3.05, 3.63) is 42.5 Å². The molecule has 0 bridgehead atoms. The Morgan fingerprint density at radius 2 is 2.00 bits per heavy atom. The number of nitrogens with one attached hydrogen (secondary N) is 2. The van der Waals surface area contributed by atoms with Gasteiger partial charge in [0.2, 0.25) is 12.1 Å². The topological polar surface area (TPSA) is 108 Å². The summed E-state index contributed by atoms with van der Waals surface area (Å²) in [5.74, 6) is 2.52. The number of rotatable bonds is 5. The fraction of sp³-hybridized carbons (Fsp3) is 0.211. The van der Waals surface area contributed by atoms with E-state index < -0.39 is 12.0 Å². The number of ether oxygens (including phenoxy) is 4. The molecule has 1 atom stereocenters. The third-order valence-electron chi connectivity index (χ3n) is 4.19. The zero-order valence-corrected chi connectivity index (χ0v) is 15.3. The Morgan fingerprint density at radius 1 is 1.18 bits per heavy atom. The standard InChI is InChI=1S/C19H18N4O5/c1-25-11-7-8-12(15(9-11)26-2)17-20-19(23-22-17)21-18(24)16-10-27-13-5-3-4-6-14(13)28-16/h3-9,16H,10H2,1-2H3,(H2,20,21,22,23,24)/t16-/m0/s1. The Balaban J connectivity index is 1.48. The van der Waals surface area contributed by atoms with Crippen molar-refractivity contribution < 1.29 is 23.7 Å². The average molecular weight is 382 g/mol. The highest BCUT2D eigenvalue weighted by molar-refractivity contribution is 5.93. The van der Waals surface area contributed by atoms with Crippen molar-refractivity contribution in [2.75, 3.05) is 26.1 Å². The van der Waals surface area contributed by atoms with E-state index in [0.29, 0.717) is 34.4 Å². The zero-order valence-electron chi connectivity index (χ0n) is 15.3. The van der Waals surface area contributed by atoms with E-state index in [4.69, 9.17) is 18.9 Å². The molecular weight excluding hydrogens is 364 g/mol. The lowest BCUT2D eigenvalue weighted by Gasteiger charge is -2.25. The van der Waals surface area contributed by atoms with E-state index in [0.717, 1.165) is 0 Å². The van der Waals surface area contributed by atoms with Gasteiger partial charge in [0, 0.05) is 6.07 Å². The molecule has 0 fully saturated rings. The Bertz CT molecular complexity index is 1000. The summed E-state index contributed by atoms with van der Waals surface area (Å²) in [6.45, 7) is 0.104. The van der Waals surface area contributed by atoms with Gasteiger partial charge in [-0.3, -0.25) is 15.2 Å². The summed E-state index contributed by atoms with van der Waals surface area (Å²) in [6.07, 6.45) is -0.799. The van der Waals surface area contributed by atoms with Crippen LogP contribution in [0.5, 0.6) is 23.0 Å². The van der Waals surface area contributed by atoms with Crippen molar-refractivity contribution in [2.45, 2.75) is 6.10 Å². The van der Waals surface area contributed by atoms with E-state index in [9.17, 15) is 4.79 Å². The number of H-pyrrole nitrogens is 1. The number of nitrogens with zero attached hydrogens (tertiary/aromatic N) is 2. The van der Waals surface area contributed by atoms with Gasteiger partial charge < -0.3 is 18.9 Å². The van der Waals surface area contributed by atoms with Gasteiger partial charge in [-0.1, -0.05) is 12.1 Å². The molecule has 0 spiro atoms. The first-order valence-corrected chi connectivity index (χ1v) is 8.52. The zero-order chi connectivity index (χ0) is 19.5. The Labute approximate surface area is 160 Å². The maximum Gasteiger partial charge on any atom is 0.271 e. The maximum absolute atomic E-state index is 12.5. The van der Waals surface area contributed by atoms with E-state index in [1.54, 1.807) is 44.6 Å². The van der Waals surface area contributed by atoms with Crippen molar-refractivity contribution in [2.24, 2.45) is 0 Å². The third-order valence-corrected chi connectivity index (χ3v) is 4.19. The molecule has 144 valence electrons. The number of fused-ring (bicyclic) bond motifs is 1. The monoisotopic (exact) mass is 382 g/mol. The lowest BCUT2D eigenvalue weighted by molar-refractivity contribution is -0.125. The third kappa shape index (κ3) is 3.41. The summed E-state index contributed by atoms with van der Waals surface area (Å²) < 4.78 is 21.8. The van der Waals surface area contributed by atoms with Crippen LogP contribution in [0.2, 0.25) is 0 Å². The number of para-hydroxylation sites is 2. The SMILES string of the molecule is COc1ccc(-c2nc(NC(=O)[C@@H]3COc4ccccc4O3)n[nH]2)c(OC)c1. The van der Waals surface area contributed by atoms with Crippen LogP contribution in [0.25, 0.3) is 11.4 Å². The minimum atomic E-state index is -0.799. The van der Waals surface area contributed by atoms with Gasteiger partial charge in [0.15, 0.2) is 17.3 Å². The summed E-state index contributed by atoms with van der Waals surface area (Å²) in [6, 6.07) is 12.5. The highest BCUT2D eigenvalue weighted by atomic mass is 16.6. The molecule has 4 rings (SSSR count). The van der Waals surface area contributed by atoms with Crippen molar-refractivity contribution in [3.63, 3.8) is 0 Å². The smallest absolute Gasteiger partial charge is 0.271 e. The second-order valence-corrected chi connectivity index (χ2v) is 5.93. The van der Waals surface area contributed by atoms with Crippen LogP contribution in [0.3, 0.4) is 0 Å². The molecule has 0 saturated heterocycles. The number of methoxy groups -OCH3 is 2. The molecule has 1 aliphatic rings. The lowest BCUT2D eigenvalue weighted by atomic mass is 10.2. The van der Waals surface area contributed by atoms with Crippen molar-refractivity contribution in [3.8, 4) is 34.4 Å². The van der Waals surface area contributed by atoms with Crippen LogP contribution in [0.15, 0.2) is 42.5 Å². The van der Waals surface area contributed by atoms with Crippen molar-refractivity contribution in [1.29, 1.82) is 0 Å². The van der Waals surface area contributed by atoms with E-state index in [-0.39, 0.29) is 12.6 Å². The Hall–Kier alpha value is -3.75. The number of hydrogen-bond acceptors (Lipinski definition) is 7. The number of aromatic amines is 1. The number of amides is 1. The van der Waals surface area contributed by atoms with Gasteiger partial charge >= 0.3 is 0 Å². The molecule has 1 aliphatic heterocycles. The maximum atomic E-state index is 12.5. The highest BCUT2D eigenvalue weighted by Crippen LogP contribution is 2.32. The van der Waals surface area contributed by atoms with Crippen molar-refractivity contribution >= 4 is 11.9 Å². The fourth-order valence-corrected chi connectivity index (χ4v) is 2.77. The van der Waals surface area contributed by atoms with Gasteiger partial charge in [-0.15, -0.1) is 5.10 Å². The predicted octanol–water partition coefficient (Wildman–Crippen LogP) is 2.27. The first-order valence-electron chi connectivity index (χ1n) is 8.52. The minimum Gasteiger partial charge on any atom is -0.497 e. The molecule has 0 saturated carbocycles. The quantitative estimate of drug-likeness (QED) is 0.697. The van der Waals surface area contributed by atoms with Gasteiger partial charge in [-0.05, 0) is 24.3 Å². The molecule has 0 radical (unpaired) electrons. The summed E-state index contributed by atoms with van der Waals surface area (Å²) in [5, 5.41) is 9.46. The van der Waals surface area contributed by atoms with Crippen LogP contribution < -0.4 is 24.3 Å². The van der Waals surface area contributed by atoms with E-state index in [2.05, 4.69) is 20.5 Å². The van der Waals surface area contributed by atoms with Crippen molar-refractivity contribution in [1.82, 2.24) is 15.2 Å². The molecule has 2 heterocycles. The molecular formula is C19H18N4O5. The highest BCUT2D eigenvalue weighted by Gasteiger charge is 2.28. The van der Waals surface area contributed by atoms with Crippen LogP contribution in [0.4, 0.5) is 5.95 Å². The summed E-state index contributed by atoms with van der Waals surface area (Å²) in [4.78, 5) is 16.8. The molecule has 9 nitrogen and oxygen atoms in total. The number of carbonyl (C=O) groups is 1. The molecule has 0 aliphatic carbocycles. The largest absolute Gasteiger partial charge is 0.497 e. The van der Waals surface area contributed by atoms with Crippen LogP contribution in [0.1, 0.15) is 0 Å². The molecule has 1 amide bonds. The Kier molecular flexibility index (Phi) is 4.71. The molecule has 1 aromatic heterocycles. The second-order valence-electron chi connectivity index (χ2n) is 5.93. The van der Waals surface area contributed by atoms with Crippen LogP contribution in [-0.4, -0.2) is 48.0 Å². The van der Waals surface area contributed by atoms with E-state index in [1.165, 1.54) is 0 Å². The summed E-state index contributed by atoms with van der Waals surface area (Å²) >= 11 is 0. The first kappa shape index (κ1) is 17.7.